The number of primary amides is 1. The van der Waals surface area contributed by atoms with Crippen LogP contribution in [0.25, 0.3) is 0 Å². The van der Waals surface area contributed by atoms with Gasteiger partial charge in [-0.1, -0.05) is 0 Å². The van der Waals surface area contributed by atoms with Crippen LogP contribution in [-0.2, 0) is 4.79 Å². The Kier molecular flexibility index (Phi) is 3.14. The smallest absolute Gasteiger partial charge is 0.312 e. The van der Waals surface area contributed by atoms with E-state index >= 15 is 0 Å². The Morgan fingerprint density at radius 3 is 2.44 bits per heavy atom. The molecule has 0 unspecified atom stereocenters. The van der Waals surface area contributed by atoms with Crippen LogP contribution in [0, 0.1) is 0 Å². The molecular formula is C3H7N3O3. The topological polar surface area (TPSA) is 104 Å². The van der Waals surface area contributed by atoms with Crippen LogP contribution in [0.2, 0.25) is 0 Å². The second kappa shape index (κ2) is 3.67. The van der Waals surface area contributed by atoms with E-state index in [9.17, 15) is 9.59 Å². The number of hydroxylamine groups is 1. The molecule has 0 heterocycles. The molecule has 52 valence electrons. The lowest BCUT2D eigenvalue weighted by atomic mass is 10.6. The van der Waals surface area contributed by atoms with Crippen molar-refractivity contribution in [3.8, 4) is 0 Å². The second-order valence-corrected chi connectivity index (χ2v) is 1.25. The summed E-state index contributed by atoms with van der Waals surface area (Å²) in [7, 11) is 0. The number of urea groups is 1. The largest absolute Gasteiger partial charge is 0.352 e. The number of carbonyl (C=O) groups excluding carboxylic acids is 2. The molecular weight excluding hydrogens is 126 g/mol. The maximum Gasteiger partial charge on any atom is 0.312 e. The Morgan fingerprint density at radius 1 is 1.56 bits per heavy atom. The predicted octanol–water partition coefficient (Wildman–Crippen LogP) is -1.84. The molecule has 5 N–H and O–H groups in total. The van der Waals surface area contributed by atoms with E-state index in [1.165, 1.54) is 5.48 Å². The molecule has 0 spiro atoms. The fourth-order valence-electron chi connectivity index (χ4n) is 0.207. The zero-order valence-electron chi connectivity index (χ0n) is 4.55. The molecule has 0 saturated heterocycles. The van der Waals surface area contributed by atoms with Crippen molar-refractivity contribution >= 4 is 11.9 Å². The maximum absolute atomic E-state index is 10.1. The highest BCUT2D eigenvalue weighted by molar-refractivity contribution is 5.82. The summed E-state index contributed by atoms with van der Waals surface area (Å²) in [6.45, 7) is -0.314. The molecule has 0 aromatic heterocycles. The fourth-order valence-corrected chi connectivity index (χ4v) is 0.207. The van der Waals surface area contributed by atoms with Gasteiger partial charge in [0.15, 0.2) is 0 Å². The number of nitrogens with one attached hydrogen (secondary N) is 2. The highest BCUT2D eigenvalue weighted by atomic mass is 16.5. The van der Waals surface area contributed by atoms with Crippen LogP contribution in [0.3, 0.4) is 0 Å². The van der Waals surface area contributed by atoms with Gasteiger partial charge in [-0.2, -0.15) is 0 Å². The second-order valence-electron chi connectivity index (χ2n) is 1.25. The van der Waals surface area contributed by atoms with Crippen LogP contribution in [0.15, 0.2) is 0 Å². The van der Waals surface area contributed by atoms with Gasteiger partial charge < -0.3 is 11.1 Å². The van der Waals surface area contributed by atoms with E-state index < -0.39 is 11.9 Å². The third-order valence-electron chi connectivity index (χ3n) is 0.548. The molecule has 6 heteroatoms. The van der Waals surface area contributed by atoms with Crippen LogP contribution >= 0.6 is 0 Å². The Hall–Kier alpha value is -1.30. The number of amides is 3. The van der Waals surface area contributed by atoms with Crippen molar-refractivity contribution in [2.45, 2.75) is 0 Å². The normalized spacial score (nSPS) is 8.11. The maximum atomic E-state index is 10.1. The minimum Gasteiger partial charge on any atom is -0.352 e. The highest BCUT2D eigenvalue weighted by Crippen LogP contribution is 1.58. The molecule has 0 rings (SSSR count). The summed E-state index contributed by atoms with van der Waals surface area (Å²) in [5.41, 5.74) is 5.89. The molecule has 0 aromatic rings. The Morgan fingerprint density at radius 2 is 2.11 bits per heavy atom. The Labute approximate surface area is 51.0 Å². The lowest BCUT2D eigenvalue weighted by Gasteiger charge is -1.96. The third kappa shape index (κ3) is 4.56. The third-order valence-corrected chi connectivity index (χ3v) is 0.548. The molecule has 0 radical (unpaired) electrons. The summed E-state index contributed by atoms with van der Waals surface area (Å²) in [4.78, 5) is 20.0. The first-order chi connectivity index (χ1) is 4.16. The van der Waals surface area contributed by atoms with Crippen LogP contribution in [-0.4, -0.2) is 23.7 Å². The van der Waals surface area contributed by atoms with Crippen LogP contribution in [0.1, 0.15) is 0 Å². The van der Waals surface area contributed by atoms with Gasteiger partial charge in [0, 0.05) is 0 Å². The first-order valence-electron chi connectivity index (χ1n) is 2.13. The molecule has 0 fully saturated rings. The summed E-state index contributed by atoms with van der Waals surface area (Å²) in [6, 6.07) is -0.807. The van der Waals surface area contributed by atoms with Crippen molar-refractivity contribution in [1.82, 2.24) is 10.8 Å². The first kappa shape index (κ1) is 7.70. The summed E-state index contributed by atoms with van der Waals surface area (Å²) < 4.78 is 0. The van der Waals surface area contributed by atoms with E-state index in [1.807, 2.05) is 5.32 Å². The molecule has 0 saturated carbocycles. The molecule has 9 heavy (non-hydrogen) atoms. The van der Waals surface area contributed by atoms with Gasteiger partial charge in [-0.15, -0.1) is 0 Å². The zero-order chi connectivity index (χ0) is 7.28. The van der Waals surface area contributed by atoms with Crippen LogP contribution in [0.5, 0.6) is 0 Å². The number of carbonyl (C=O) groups is 2. The van der Waals surface area contributed by atoms with Gasteiger partial charge in [0.2, 0.25) is 0 Å². The van der Waals surface area contributed by atoms with E-state index in [0.717, 1.165) is 0 Å². The summed E-state index contributed by atoms with van der Waals surface area (Å²) >= 11 is 0. The van der Waals surface area contributed by atoms with Crippen LogP contribution in [0.4, 0.5) is 4.79 Å². The molecule has 0 bridgehead atoms. The molecule has 6 nitrogen and oxygen atoms in total. The predicted molar refractivity (Wildman–Crippen MR) is 27.5 cm³/mol. The van der Waals surface area contributed by atoms with Gasteiger partial charge >= 0.3 is 6.03 Å². The average molecular weight is 133 g/mol. The summed E-state index contributed by atoms with van der Waals surface area (Å²) in [6.07, 6.45) is 0. The Balaban J connectivity index is 3.28. The number of rotatable bonds is 2. The average Bonchev–Trinajstić information content (AvgIpc) is 1.83. The number of hydrogen-bond donors (Lipinski definition) is 4. The van der Waals surface area contributed by atoms with Gasteiger partial charge in [0.05, 0.1) is 0 Å². The van der Waals surface area contributed by atoms with Gasteiger partial charge in [0.25, 0.3) is 5.91 Å². The van der Waals surface area contributed by atoms with Crippen molar-refractivity contribution in [3.63, 3.8) is 0 Å². The Bertz CT molecular complexity index is 123. The number of nitrogens with two attached hydrogens (primary N) is 1. The molecule has 0 aliphatic carbocycles. The SMILES string of the molecule is NC(=O)NCC(=O)NO. The monoisotopic (exact) mass is 133 g/mol. The number of hydrogen-bond acceptors (Lipinski definition) is 3. The lowest BCUT2D eigenvalue weighted by Crippen LogP contribution is -2.38. The summed E-state index contributed by atoms with van der Waals surface area (Å²) in [5.74, 6) is -0.714. The molecule has 3 amide bonds. The van der Waals surface area contributed by atoms with Gasteiger partial charge in [-0.25, -0.2) is 10.3 Å². The van der Waals surface area contributed by atoms with Crippen molar-refractivity contribution in [2.75, 3.05) is 6.54 Å². The zero-order valence-corrected chi connectivity index (χ0v) is 4.55. The van der Waals surface area contributed by atoms with Crippen LogP contribution < -0.4 is 16.5 Å². The quantitative estimate of drug-likeness (QED) is 0.263. The van der Waals surface area contributed by atoms with E-state index in [0.29, 0.717) is 0 Å². The molecule has 0 aliphatic heterocycles. The van der Waals surface area contributed by atoms with Crippen molar-refractivity contribution in [2.24, 2.45) is 5.73 Å². The lowest BCUT2D eigenvalue weighted by molar-refractivity contribution is -0.128. The van der Waals surface area contributed by atoms with Crippen molar-refractivity contribution in [1.29, 1.82) is 0 Å². The summed E-state index contributed by atoms with van der Waals surface area (Å²) in [5, 5.41) is 9.82. The highest BCUT2D eigenvalue weighted by Gasteiger charge is 1.97. The fraction of sp³-hybridized carbons (Fsp3) is 0.333. The minimum atomic E-state index is -0.807. The van der Waals surface area contributed by atoms with E-state index in [2.05, 4.69) is 5.73 Å². The van der Waals surface area contributed by atoms with E-state index in [4.69, 9.17) is 5.21 Å². The molecule has 0 aromatic carbocycles. The van der Waals surface area contributed by atoms with Gasteiger partial charge in [-0.3, -0.25) is 10.0 Å². The molecule has 0 aliphatic rings. The van der Waals surface area contributed by atoms with Gasteiger partial charge in [0.1, 0.15) is 6.54 Å². The van der Waals surface area contributed by atoms with Crippen molar-refractivity contribution in [3.05, 3.63) is 0 Å². The van der Waals surface area contributed by atoms with E-state index in [-0.39, 0.29) is 6.54 Å². The minimum absolute atomic E-state index is 0.314. The first-order valence-corrected chi connectivity index (χ1v) is 2.13. The standard InChI is InChI=1S/C3H7N3O3/c4-3(8)5-1-2(7)6-9/h9H,1H2,(H,6,7)(H3,4,5,8). The van der Waals surface area contributed by atoms with E-state index in [1.54, 1.807) is 0 Å². The molecule has 0 atom stereocenters. The van der Waals surface area contributed by atoms with Crippen molar-refractivity contribution < 1.29 is 14.8 Å². The van der Waals surface area contributed by atoms with Gasteiger partial charge in [-0.05, 0) is 0 Å².